The van der Waals surface area contributed by atoms with E-state index in [1.807, 2.05) is 49.4 Å². The van der Waals surface area contributed by atoms with E-state index in [9.17, 15) is 4.79 Å². The summed E-state index contributed by atoms with van der Waals surface area (Å²) in [6, 6.07) is 13.4. The van der Waals surface area contributed by atoms with Gasteiger partial charge in [0.05, 0.1) is 19.6 Å². The molecule has 0 radical (unpaired) electrons. The van der Waals surface area contributed by atoms with Crippen molar-refractivity contribution >= 4 is 5.91 Å². The molecule has 1 saturated heterocycles. The minimum absolute atomic E-state index is 0.0423. The highest BCUT2D eigenvalue weighted by Crippen LogP contribution is 2.24. The number of aromatic nitrogens is 3. The largest absolute Gasteiger partial charge is 0.366 e. The molecular weight excluding hydrogens is 344 g/mol. The molecule has 1 aliphatic heterocycles. The molecule has 0 saturated carbocycles. The highest BCUT2D eigenvalue weighted by atomic mass is 16.5. The van der Waals surface area contributed by atoms with Crippen molar-refractivity contribution in [2.75, 3.05) is 19.7 Å². The first kappa shape index (κ1) is 17.4. The van der Waals surface area contributed by atoms with Crippen LogP contribution < -0.4 is 0 Å². The fourth-order valence-corrected chi connectivity index (χ4v) is 2.99. The van der Waals surface area contributed by atoms with Crippen LogP contribution in [0.3, 0.4) is 0 Å². The van der Waals surface area contributed by atoms with E-state index in [1.54, 1.807) is 11.1 Å². The molecule has 4 rings (SSSR count). The average Bonchev–Trinajstić information content (AvgIpc) is 3.21. The van der Waals surface area contributed by atoms with Crippen LogP contribution in [-0.2, 0) is 16.0 Å². The summed E-state index contributed by atoms with van der Waals surface area (Å²) < 4.78 is 11.1. The summed E-state index contributed by atoms with van der Waals surface area (Å²) in [4.78, 5) is 23.1. The predicted molar refractivity (Wildman–Crippen MR) is 97.7 cm³/mol. The second-order valence-corrected chi connectivity index (χ2v) is 6.51. The van der Waals surface area contributed by atoms with Crippen LogP contribution in [0.15, 0.2) is 53.2 Å². The molecular formula is C20H20N4O3. The van der Waals surface area contributed by atoms with Crippen LogP contribution in [0.25, 0.3) is 11.5 Å². The number of morpholine rings is 1. The van der Waals surface area contributed by atoms with Gasteiger partial charge in [-0.1, -0.05) is 29.4 Å². The number of hydrogen-bond donors (Lipinski definition) is 0. The summed E-state index contributed by atoms with van der Waals surface area (Å²) in [5.41, 5.74) is 2.69. The lowest BCUT2D eigenvalue weighted by Crippen LogP contribution is -2.43. The summed E-state index contributed by atoms with van der Waals surface area (Å²) in [5, 5.41) is 4.04. The molecule has 1 atom stereocenters. The molecule has 0 unspecified atom stereocenters. The van der Waals surface area contributed by atoms with E-state index < -0.39 is 0 Å². The van der Waals surface area contributed by atoms with Crippen LogP contribution in [0.2, 0.25) is 0 Å². The SMILES string of the molecule is Cc1ccc(CC(=O)N2CCO[C@H](c3noc(-c4ccccc4)n3)C2)cn1. The fourth-order valence-electron chi connectivity index (χ4n) is 2.99. The highest BCUT2D eigenvalue weighted by molar-refractivity contribution is 5.78. The van der Waals surface area contributed by atoms with Gasteiger partial charge in [0.1, 0.15) is 6.10 Å². The maximum absolute atomic E-state index is 12.6. The Balaban J connectivity index is 1.43. The van der Waals surface area contributed by atoms with Crippen LogP contribution in [0.4, 0.5) is 0 Å². The van der Waals surface area contributed by atoms with Crippen molar-refractivity contribution in [1.29, 1.82) is 0 Å². The Labute approximate surface area is 157 Å². The van der Waals surface area contributed by atoms with Gasteiger partial charge in [0.25, 0.3) is 5.89 Å². The second-order valence-electron chi connectivity index (χ2n) is 6.51. The molecule has 3 heterocycles. The minimum Gasteiger partial charge on any atom is -0.366 e. The first-order valence-electron chi connectivity index (χ1n) is 8.89. The Kier molecular flexibility index (Phi) is 4.93. The van der Waals surface area contributed by atoms with Gasteiger partial charge in [0.2, 0.25) is 11.7 Å². The summed E-state index contributed by atoms with van der Waals surface area (Å²) in [5.74, 6) is 0.951. The molecule has 0 bridgehead atoms. The number of rotatable bonds is 4. The zero-order valence-electron chi connectivity index (χ0n) is 15.0. The molecule has 1 fully saturated rings. The van der Waals surface area contributed by atoms with Gasteiger partial charge in [0, 0.05) is 24.0 Å². The molecule has 3 aromatic rings. The lowest BCUT2D eigenvalue weighted by Gasteiger charge is -2.31. The fraction of sp³-hybridized carbons (Fsp3) is 0.300. The zero-order chi connectivity index (χ0) is 18.6. The number of amides is 1. The Hall–Kier alpha value is -3.06. The van der Waals surface area contributed by atoms with Crippen LogP contribution in [0.1, 0.15) is 23.2 Å². The van der Waals surface area contributed by atoms with Crippen molar-refractivity contribution < 1.29 is 14.1 Å². The lowest BCUT2D eigenvalue weighted by molar-refractivity contribution is -0.138. The van der Waals surface area contributed by atoms with Crippen molar-refractivity contribution in [3.8, 4) is 11.5 Å². The summed E-state index contributed by atoms with van der Waals surface area (Å²) in [6.07, 6.45) is 1.68. The first-order valence-corrected chi connectivity index (χ1v) is 8.89. The molecule has 7 heteroatoms. The van der Waals surface area contributed by atoms with Crippen molar-refractivity contribution in [3.05, 3.63) is 65.7 Å². The summed E-state index contributed by atoms with van der Waals surface area (Å²) >= 11 is 0. The molecule has 1 aromatic carbocycles. The molecule has 27 heavy (non-hydrogen) atoms. The topological polar surface area (TPSA) is 81.4 Å². The van der Waals surface area contributed by atoms with E-state index in [-0.39, 0.29) is 12.0 Å². The van der Waals surface area contributed by atoms with Crippen LogP contribution in [-0.4, -0.2) is 45.6 Å². The van der Waals surface area contributed by atoms with Gasteiger partial charge in [-0.2, -0.15) is 4.98 Å². The monoisotopic (exact) mass is 364 g/mol. The van der Waals surface area contributed by atoms with E-state index in [4.69, 9.17) is 9.26 Å². The average molecular weight is 364 g/mol. The standard InChI is InChI=1S/C20H20N4O3/c1-14-7-8-15(12-21-14)11-18(25)24-9-10-26-17(13-24)19-22-20(27-23-19)16-5-3-2-4-6-16/h2-8,12,17H,9-11,13H2,1H3/t17-/m0/s1. The lowest BCUT2D eigenvalue weighted by atomic mass is 10.1. The van der Waals surface area contributed by atoms with Gasteiger partial charge in [-0.25, -0.2) is 0 Å². The Morgan fingerprint density at radius 1 is 1.22 bits per heavy atom. The summed E-state index contributed by atoms with van der Waals surface area (Å²) in [7, 11) is 0. The van der Waals surface area contributed by atoms with Gasteiger partial charge >= 0.3 is 0 Å². The van der Waals surface area contributed by atoms with Crippen LogP contribution in [0, 0.1) is 6.92 Å². The van der Waals surface area contributed by atoms with E-state index in [2.05, 4.69) is 15.1 Å². The van der Waals surface area contributed by atoms with Crippen molar-refractivity contribution in [2.45, 2.75) is 19.4 Å². The number of hydrogen-bond acceptors (Lipinski definition) is 6. The number of pyridine rings is 1. The van der Waals surface area contributed by atoms with Crippen molar-refractivity contribution in [3.63, 3.8) is 0 Å². The third kappa shape index (κ3) is 4.03. The van der Waals surface area contributed by atoms with Gasteiger partial charge in [-0.15, -0.1) is 0 Å². The number of carbonyl (C=O) groups is 1. The Morgan fingerprint density at radius 3 is 2.85 bits per heavy atom. The molecule has 7 nitrogen and oxygen atoms in total. The number of ether oxygens (including phenoxy) is 1. The molecule has 138 valence electrons. The van der Waals surface area contributed by atoms with E-state index in [1.165, 1.54) is 0 Å². The normalized spacial score (nSPS) is 17.1. The number of nitrogens with zero attached hydrogens (tertiary/aromatic N) is 4. The molecule has 1 amide bonds. The van der Waals surface area contributed by atoms with Crippen LogP contribution in [0.5, 0.6) is 0 Å². The third-order valence-electron chi connectivity index (χ3n) is 4.50. The Bertz CT molecular complexity index is 908. The van der Waals surface area contributed by atoms with E-state index in [0.717, 1.165) is 16.8 Å². The third-order valence-corrected chi connectivity index (χ3v) is 4.50. The second kappa shape index (κ2) is 7.67. The van der Waals surface area contributed by atoms with Gasteiger partial charge in [-0.05, 0) is 30.7 Å². The maximum atomic E-state index is 12.6. The molecule has 0 N–H and O–H groups in total. The first-order chi connectivity index (χ1) is 13.2. The van der Waals surface area contributed by atoms with Gasteiger partial charge in [-0.3, -0.25) is 9.78 Å². The molecule has 0 aliphatic carbocycles. The van der Waals surface area contributed by atoms with Crippen molar-refractivity contribution in [2.24, 2.45) is 0 Å². The number of aryl methyl sites for hydroxylation is 1. The molecule has 0 spiro atoms. The molecule has 1 aliphatic rings. The van der Waals surface area contributed by atoms with E-state index in [0.29, 0.717) is 37.8 Å². The minimum atomic E-state index is -0.389. The van der Waals surface area contributed by atoms with Gasteiger partial charge < -0.3 is 14.2 Å². The summed E-state index contributed by atoms with van der Waals surface area (Å²) in [6.45, 7) is 3.33. The van der Waals surface area contributed by atoms with E-state index >= 15 is 0 Å². The number of benzene rings is 1. The number of carbonyl (C=O) groups excluding carboxylic acids is 1. The van der Waals surface area contributed by atoms with Gasteiger partial charge in [0.15, 0.2) is 0 Å². The Morgan fingerprint density at radius 2 is 2.07 bits per heavy atom. The maximum Gasteiger partial charge on any atom is 0.258 e. The van der Waals surface area contributed by atoms with Crippen LogP contribution >= 0.6 is 0 Å². The predicted octanol–water partition coefficient (Wildman–Crippen LogP) is 2.58. The smallest absolute Gasteiger partial charge is 0.258 e. The quantitative estimate of drug-likeness (QED) is 0.708. The van der Waals surface area contributed by atoms with Crippen molar-refractivity contribution in [1.82, 2.24) is 20.0 Å². The molecule has 2 aromatic heterocycles. The zero-order valence-corrected chi connectivity index (χ0v) is 15.0. The highest BCUT2D eigenvalue weighted by Gasteiger charge is 2.29.